The van der Waals surface area contributed by atoms with Crippen LogP contribution in [-0.4, -0.2) is 17.0 Å². The number of benzene rings is 1. The van der Waals surface area contributed by atoms with E-state index in [0.717, 1.165) is 0 Å². The monoisotopic (exact) mass is 220 g/mol. The smallest absolute Gasteiger partial charge is 0.276 e. The minimum atomic E-state index is -0.683. The third kappa shape index (κ3) is 2.68. The highest BCUT2D eigenvalue weighted by molar-refractivity contribution is 6.07. The van der Waals surface area contributed by atoms with Crippen LogP contribution in [0.1, 0.15) is 17.3 Å². The van der Waals surface area contributed by atoms with E-state index in [1.807, 2.05) is 0 Å². The Balaban J connectivity index is 3.00. The van der Waals surface area contributed by atoms with Gasteiger partial charge in [-0.05, 0) is 19.1 Å². The Bertz CT molecular complexity index is 441. The van der Waals surface area contributed by atoms with Crippen LogP contribution in [0, 0.1) is 0 Å². The van der Waals surface area contributed by atoms with Crippen molar-refractivity contribution in [3.63, 3.8) is 0 Å². The molecule has 0 saturated carbocycles. The Labute approximate surface area is 92.7 Å². The molecule has 84 valence electrons. The summed E-state index contributed by atoms with van der Waals surface area (Å²) in [5.74, 6) is -1.06. The van der Waals surface area contributed by atoms with E-state index >= 15 is 0 Å². The van der Waals surface area contributed by atoms with E-state index in [4.69, 9.17) is 5.21 Å². The molecule has 0 aliphatic carbocycles. The second-order valence-electron chi connectivity index (χ2n) is 3.22. The molecule has 0 bridgehead atoms. The normalized spacial score (nSPS) is 9.38. The van der Waals surface area contributed by atoms with Crippen molar-refractivity contribution in [1.82, 2.24) is 5.48 Å². The van der Waals surface area contributed by atoms with Gasteiger partial charge >= 0.3 is 0 Å². The number of carbonyl (C=O) groups is 2. The van der Waals surface area contributed by atoms with Crippen LogP contribution in [0.4, 0.5) is 5.69 Å². The first-order chi connectivity index (χ1) is 7.56. The fourth-order valence-corrected chi connectivity index (χ4v) is 1.08. The second-order valence-corrected chi connectivity index (χ2v) is 3.22. The molecule has 0 aromatic heterocycles. The topological polar surface area (TPSA) is 78.4 Å². The third-order valence-corrected chi connectivity index (χ3v) is 1.91. The van der Waals surface area contributed by atoms with Crippen LogP contribution in [0.2, 0.25) is 0 Å². The molecule has 5 nitrogen and oxygen atoms in total. The second kappa shape index (κ2) is 5.09. The summed E-state index contributed by atoms with van der Waals surface area (Å²) in [5, 5.41) is 11.0. The number of rotatable bonds is 3. The lowest BCUT2D eigenvalue weighted by molar-refractivity contribution is -0.112. The first-order valence-electron chi connectivity index (χ1n) is 4.56. The van der Waals surface area contributed by atoms with Gasteiger partial charge in [0.05, 0.1) is 11.3 Å². The van der Waals surface area contributed by atoms with Gasteiger partial charge in [0.1, 0.15) is 0 Å². The van der Waals surface area contributed by atoms with Gasteiger partial charge in [-0.1, -0.05) is 18.7 Å². The molecule has 1 aromatic carbocycles. The zero-order valence-electron chi connectivity index (χ0n) is 8.78. The molecule has 5 heteroatoms. The molecule has 0 unspecified atom stereocenters. The van der Waals surface area contributed by atoms with Crippen LogP contribution in [0.5, 0.6) is 0 Å². The lowest BCUT2D eigenvalue weighted by Gasteiger charge is -2.09. The molecule has 1 rings (SSSR count). The quantitative estimate of drug-likeness (QED) is 0.408. The number of anilines is 1. The third-order valence-electron chi connectivity index (χ3n) is 1.91. The van der Waals surface area contributed by atoms with Gasteiger partial charge in [-0.2, -0.15) is 0 Å². The first-order valence-corrected chi connectivity index (χ1v) is 4.56. The van der Waals surface area contributed by atoms with Crippen LogP contribution >= 0.6 is 0 Å². The van der Waals surface area contributed by atoms with Crippen molar-refractivity contribution in [1.29, 1.82) is 0 Å². The summed E-state index contributed by atoms with van der Waals surface area (Å²) >= 11 is 0. The number of hydroxylamine groups is 1. The van der Waals surface area contributed by atoms with Gasteiger partial charge in [0.2, 0.25) is 0 Å². The van der Waals surface area contributed by atoms with Crippen molar-refractivity contribution in [3.05, 3.63) is 42.0 Å². The molecule has 0 aliphatic rings. The molecule has 0 radical (unpaired) electrons. The fourth-order valence-electron chi connectivity index (χ4n) is 1.08. The lowest BCUT2D eigenvalue weighted by Crippen LogP contribution is -2.22. The Morgan fingerprint density at radius 3 is 2.50 bits per heavy atom. The summed E-state index contributed by atoms with van der Waals surface area (Å²) in [6.45, 7) is 5.04. The Morgan fingerprint density at radius 2 is 1.94 bits per heavy atom. The van der Waals surface area contributed by atoms with Crippen molar-refractivity contribution in [3.8, 4) is 0 Å². The van der Waals surface area contributed by atoms with Crippen LogP contribution in [0.25, 0.3) is 0 Å². The lowest BCUT2D eigenvalue weighted by atomic mass is 10.1. The molecular weight excluding hydrogens is 208 g/mol. The van der Waals surface area contributed by atoms with Gasteiger partial charge in [0.25, 0.3) is 11.8 Å². The van der Waals surface area contributed by atoms with E-state index in [1.54, 1.807) is 25.1 Å². The first kappa shape index (κ1) is 11.9. The molecule has 16 heavy (non-hydrogen) atoms. The molecule has 0 spiro atoms. The zero-order chi connectivity index (χ0) is 12.1. The minimum absolute atomic E-state index is 0.180. The minimum Gasteiger partial charge on any atom is -0.322 e. The molecular formula is C11H12N2O3. The Kier molecular flexibility index (Phi) is 3.79. The van der Waals surface area contributed by atoms with Crippen molar-refractivity contribution in [2.75, 3.05) is 5.32 Å². The average molecular weight is 220 g/mol. The fraction of sp³-hybridized carbons (Fsp3) is 0.0909. The SMILES string of the molecule is C=C(C)C(=O)Nc1ccccc1C(=O)NO. The largest absolute Gasteiger partial charge is 0.322 e. The molecule has 0 saturated heterocycles. The van der Waals surface area contributed by atoms with Crippen LogP contribution in [-0.2, 0) is 4.79 Å². The van der Waals surface area contributed by atoms with E-state index in [9.17, 15) is 9.59 Å². The number of para-hydroxylation sites is 1. The predicted molar refractivity (Wildman–Crippen MR) is 59.1 cm³/mol. The standard InChI is InChI=1S/C11H12N2O3/c1-7(2)10(14)12-9-6-4-3-5-8(9)11(15)13-16/h3-6,16H,1H2,2H3,(H,12,14)(H,13,15). The summed E-state index contributed by atoms with van der Waals surface area (Å²) in [5.41, 5.74) is 2.35. The van der Waals surface area contributed by atoms with Gasteiger partial charge in [-0.15, -0.1) is 0 Å². The maximum Gasteiger partial charge on any atom is 0.276 e. The summed E-state index contributed by atoms with van der Waals surface area (Å²) < 4.78 is 0. The molecule has 0 heterocycles. The van der Waals surface area contributed by atoms with Gasteiger partial charge in [0.15, 0.2) is 0 Å². The number of carbonyl (C=O) groups excluding carboxylic acids is 2. The molecule has 2 amide bonds. The molecule has 0 atom stereocenters. The van der Waals surface area contributed by atoms with E-state index < -0.39 is 5.91 Å². The zero-order valence-corrected chi connectivity index (χ0v) is 8.78. The number of hydrogen-bond donors (Lipinski definition) is 3. The van der Waals surface area contributed by atoms with E-state index in [-0.39, 0.29) is 11.5 Å². The van der Waals surface area contributed by atoms with Crippen LogP contribution in [0.3, 0.4) is 0 Å². The van der Waals surface area contributed by atoms with E-state index in [1.165, 1.54) is 11.5 Å². The number of hydrogen-bond acceptors (Lipinski definition) is 3. The molecule has 0 fully saturated rings. The van der Waals surface area contributed by atoms with Crippen molar-refractivity contribution in [2.45, 2.75) is 6.92 Å². The maximum absolute atomic E-state index is 11.4. The predicted octanol–water partition coefficient (Wildman–Crippen LogP) is 1.32. The van der Waals surface area contributed by atoms with Gasteiger partial charge < -0.3 is 5.32 Å². The summed E-state index contributed by atoms with van der Waals surface area (Å²) in [7, 11) is 0. The number of nitrogens with one attached hydrogen (secondary N) is 2. The van der Waals surface area contributed by atoms with Crippen LogP contribution < -0.4 is 10.8 Å². The van der Waals surface area contributed by atoms with E-state index in [2.05, 4.69) is 11.9 Å². The van der Waals surface area contributed by atoms with Crippen LogP contribution in [0.15, 0.2) is 36.4 Å². The Morgan fingerprint density at radius 1 is 1.31 bits per heavy atom. The summed E-state index contributed by atoms with van der Waals surface area (Å²) in [4.78, 5) is 22.6. The molecule has 1 aromatic rings. The van der Waals surface area contributed by atoms with E-state index in [0.29, 0.717) is 11.3 Å². The summed E-state index contributed by atoms with van der Waals surface area (Å²) in [6.07, 6.45) is 0. The van der Waals surface area contributed by atoms with Gasteiger partial charge in [-0.3, -0.25) is 14.8 Å². The maximum atomic E-state index is 11.4. The number of amides is 2. The van der Waals surface area contributed by atoms with Crippen molar-refractivity contribution in [2.24, 2.45) is 0 Å². The van der Waals surface area contributed by atoms with Crippen molar-refractivity contribution >= 4 is 17.5 Å². The summed E-state index contributed by atoms with van der Waals surface area (Å²) in [6, 6.07) is 6.34. The average Bonchev–Trinajstić information content (AvgIpc) is 2.28. The molecule has 0 aliphatic heterocycles. The highest BCUT2D eigenvalue weighted by atomic mass is 16.5. The molecule has 3 N–H and O–H groups in total. The highest BCUT2D eigenvalue weighted by Crippen LogP contribution is 2.15. The Hall–Kier alpha value is -2.14. The van der Waals surface area contributed by atoms with Crippen molar-refractivity contribution < 1.29 is 14.8 Å². The van der Waals surface area contributed by atoms with Gasteiger partial charge in [0, 0.05) is 5.57 Å². The highest BCUT2D eigenvalue weighted by Gasteiger charge is 2.12. The van der Waals surface area contributed by atoms with Gasteiger partial charge in [-0.25, -0.2) is 5.48 Å².